The van der Waals surface area contributed by atoms with E-state index in [4.69, 9.17) is 4.42 Å². The van der Waals surface area contributed by atoms with Crippen molar-refractivity contribution in [3.8, 4) is 11.8 Å². The molecule has 3 aromatic rings. The van der Waals surface area contributed by atoms with Gasteiger partial charge >= 0.3 is 0 Å². The molecule has 9 heteroatoms. The van der Waals surface area contributed by atoms with Crippen LogP contribution < -0.4 is 5.32 Å². The number of aryl methyl sites for hydroxylation is 1. The molecule has 3 aromatic heterocycles. The number of imidazole rings is 1. The number of ketones is 1. The molecule has 0 radical (unpaired) electrons. The predicted octanol–water partition coefficient (Wildman–Crippen LogP) is 1.29. The molecule has 4 rings (SSSR count). The molecule has 1 aliphatic rings. The number of carbonyl (C=O) groups excluding carboxylic acids is 1. The van der Waals surface area contributed by atoms with Crippen molar-refractivity contribution in [1.29, 1.82) is 0 Å². The number of Topliss-reactive ketones (excluding diaryl/α,β-unsaturated/α-hetero) is 1. The fourth-order valence-electron chi connectivity index (χ4n) is 3.83. The number of aliphatic hydroxyl groups is 2. The first-order valence-electron chi connectivity index (χ1n) is 9.82. The lowest BCUT2D eigenvalue weighted by atomic mass is 10.0. The highest BCUT2D eigenvalue weighted by Crippen LogP contribution is 2.37. The van der Waals surface area contributed by atoms with Crippen LogP contribution in [0.25, 0.3) is 11.2 Å². The van der Waals surface area contributed by atoms with Gasteiger partial charge in [0.25, 0.3) is 0 Å². The number of aromatic nitrogens is 4. The van der Waals surface area contributed by atoms with Crippen LogP contribution in [-0.2, 0) is 11.2 Å². The summed E-state index contributed by atoms with van der Waals surface area (Å²) in [5.74, 6) is 7.17. The lowest BCUT2D eigenvalue weighted by Crippen LogP contribution is -2.31. The van der Waals surface area contributed by atoms with Crippen molar-refractivity contribution < 1.29 is 19.4 Å². The van der Waals surface area contributed by atoms with Crippen molar-refractivity contribution in [3.05, 3.63) is 35.8 Å². The number of carbonyl (C=O) groups is 1. The van der Waals surface area contributed by atoms with Gasteiger partial charge in [-0.3, -0.25) is 4.79 Å². The number of hydrogen-bond donors (Lipinski definition) is 3. The van der Waals surface area contributed by atoms with Gasteiger partial charge in [0.2, 0.25) is 5.82 Å². The smallest absolute Gasteiger partial charge is 0.209 e. The molecule has 0 aromatic carbocycles. The van der Waals surface area contributed by atoms with Crippen molar-refractivity contribution in [3.63, 3.8) is 0 Å². The van der Waals surface area contributed by atoms with E-state index in [2.05, 4.69) is 32.1 Å². The molecule has 4 atom stereocenters. The van der Waals surface area contributed by atoms with Crippen molar-refractivity contribution >= 4 is 22.8 Å². The van der Waals surface area contributed by atoms with E-state index in [9.17, 15) is 15.0 Å². The molecule has 30 heavy (non-hydrogen) atoms. The fraction of sp³-hybridized carbons (Fsp3) is 0.429. The molecule has 156 valence electrons. The lowest BCUT2D eigenvalue weighted by Gasteiger charge is -2.18. The summed E-state index contributed by atoms with van der Waals surface area (Å²) in [5, 5.41) is 23.8. The number of rotatable bonds is 4. The number of anilines is 1. The third kappa shape index (κ3) is 3.44. The van der Waals surface area contributed by atoms with E-state index >= 15 is 0 Å². The first-order chi connectivity index (χ1) is 14.4. The molecule has 1 saturated carbocycles. The van der Waals surface area contributed by atoms with Crippen LogP contribution in [0, 0.1) is 17.8 Å². The third-order valence-corrected chi connectivity index (χ3v) is 5.50. The Kier molecular flexibility index (Phi) is 5.28. The van der Waals surface area contributed by atoms with Gasteiger partial charge in [0.1, 0.15) is 17.6 Å². The Morgan fingerprint density at radius 3 is 2.73 bits per heavy atom. The molecule has 1 aliphatic carbocycles. The topological polar surface area (TPSA) is 126 Å². The lowest BCUT2D eigenvalue weighted by molar-refractivity contribution is -0.124. The number of hydrogen-bond acceptors (Lipinski definition) is 8. The first kappa shape index (κ1) is 20.1. The monoisotopic (exact) mass is 409 g/mol. The number of nitrogens with one attached hydrogen (secondary N) is 1. The fourth-order valence-corrected chi connectivity index (χ4v) is 3.83. The molecule has 0 spiro atoms. The Balaban J connectivity index is 1.75. The van der Waals surface area contributed by atoms with Crippen molar-refractivity contribution in [2.45, 2.75) is 44.9 Å². The zero-order valence-electron chi connectivity index (χ0n) is 17.0. The predicted molar refractivity (Wildman–Crippen MR) is 109 cm³/mol. The van der Waals surface area contributed by atoms with Crippen LogP contribution >= 0.6 is 0 Å². The zero-order valence-corrected chi connectivity index (χ0v) is 17.0. The summed E-state index contributed by atoms with van der Waals surface area (Å²) in [7, 11) is 1.72. The van der Waals surface area contributed by atoms with E-state index in [1.165, 1.54) is 6.92 Å². The molecular formula is C21H23N5O4. The highest BCUT2D eigenvalue weighted by Gasteiger charge is 2.45. The zero-order chi connectivity index (χ0) is 21.4. The minimum absolute atomic E-state index is 0.157. The summed E-state index contributed by atoms with van der Waals surface area (Å²) in [6.07, 6.45) is 0.399. The van der Waals surface area contributed by atoms with Gasteiger partial charge in [-0.1, -0.05) is 6.92 Å². The van der Waals surface area contributed by atoms with Gasteiger partial charge in [0.15, 0.2) is 22.7 Å². The largest absolute Gasteiger partial charge is 0.453 e. The van der Waals surface area contributed by atoms with Crippen LogP contribution in [0.1, 0.15) is 43.7 Å². The second-order valence-electron chi connectivity index (χ2n) is 7.34. The molecule has 1 unspecified atom stereocenters. The normalized spacial score (nSPS) is 23.4. The maximum absolute atomic E-state index is 11.8. The van der Waals surface area contributed by atoms with E-state index in [1.807, 2.05) is 13.0 Å². The summed E-state index contributed by atoms with van der Waals surface area (Å²) in [5.41, 5.74) is 0.982. The van der Waals surface area contributed by atoms with Gasteiger partial charge in [-0.2, -0.15) is 0 Å². The quantitative estimate of drug-likeness (QED) is 0.551. The molecule has 0 bridgehead atoms. The summed E-state index contributed by atoms with van der Waals surface area (Å²) in [4.78, 5) is 25.1. The van der Waals surface area contributed by atoms with Crippen LogP contribution in [0.4, 0.5) is 5.82 Å². The van der Waals surface area contributed by atoms with Crippen molar-refractivity contribution in [1.82, 2.24) is 19.5 Å². The molecule has 0 amide bonds. The average molecular weight is 409 g/mol. The van der Waals surface area contributed by atoms with Crippen molar-refractivity contribution in [2.24, 2.45) is 5.92 Å². The number of fused-ring (bicyclic) bond motifs is 1. The number of furan rings is 1. The van der Waals surface area contributed by atoms with E-state index in [-0.39, 0.29) is 11.6 Å². The molecule has 0 aliphatic heterocycles. The molecule has 3 N–H and O–H groups in total. The second kappa shape index (κ2) is 7.89. The first-order valence-corrected chi connectivity index (χ1v) is 9.82. The van der Waals surface area contributed by atoms with Crippen LogP contribution in [0.2, 0.25) is 0 Å². The Morgan fingerprint density at radius 1 is 1.30 bits per heavy atom. The van der Waals surface area contributed by atoms with Crippen LogP contribution in [0.3, 0.4) is 0 Å². The minimum Gasteiger partial charge on any atom is -0.453 e. The van der Waals surface area contributed by atoms with Gasteiger partial charge < -0.3 is 24.5 Å². The maximum Gasteiger partial charge on any atom is 0.209 e. The van der Waals surface area contributed by atoms with Crippen molar-refractivity contribution in [2.75, 3.05) is 12.4 Å². The summed E-state index contributed by atoms with van der Waals surface area (Å²) < 4.78 is 7.28. The van der Waals surface area contributed by atoms with E-state index in [1.54, 1.807) is 24.0 Å². The summed E-state index contributed by atoms with van der Waals surface area (Å²) in [6, 6.07) is 3.14. The summed E-state index contributed by atoms with van der Waals surface area (Å²) in [6.45, 7) is 3.42. The maximum atomic E-state index is 11.8. The third-order valence-electron chi connectivity index (χ3n) is 5.50. The van der Waals surface area contributed by atoms with Crippen LogP contribution in [-0.4, -0.2) is 54.8 Å². The highest BCUT2D eigenvalue weighted by molar-refractivity contribution is 5.83. The molecule has 1 fully saturated rings. The molecule has 3 heterocycles. The highest BCUT2D eigenvalue weighted by atomic mass is 16.3. The minimum atomic E-state index is -1.12. The Hall–Kier alpha value is -3.22. The van der Waals surface area contributed by atoms with Gasteiger partial charge in [-0.15, -0.1) is 0 Å². The summed E-state index contributed by atoms with van der Waals surface area (Å²) >= 11 is 0. The van der Waals surface area contributed by atoms with Gasteiger partial charge in [0, 0.05) is 19.4 Å². The van der Waals surface area contributed by atoms with Crippen LogP contribution in [0.5, 0.6) is 0 Å². The Bertz CT molecular complexity index is 1160. The molecular weight excluding hydrogens is 386 g/mol. The molecule has 0 saturated heterocycles. The average Bonchev–Trinajstić information content (AvgIpc) is 3.44. The van der Waals surface area contributed by atoms with Gasteiger partial charge in [-0.25, -0.2) is 15.0 Å². The van der Waals surface area contributed by atoms with E-state index in [0.29, 0.717) is 29.2 Å². The number of aliphatic hydroxyl groups excluding tert-OH is 2. The Morgan fingerprint density at radius 2 is 2.10 bits per heavy atom. The van der Waals surface area contributed by atoms with Crippen LogP contribution in [0.15, 0.2) is 22.9 Å². The van der Waals surface area contributed by atoms with E-state index < -0.39 is 24.2 Å². The second-order valence-corrected chi connectivity index (χ2v) is 7.34. The van der Waals surface area contributed by atoms with E-state index in [0.717, 1.165) is 12.2 Å². The SMILES string of the molecule is CCc1ccc(C#Cc2nc(NC)c3ncn([C@@H]4C[C@H](C(C)=O)C(O)[C@H]4O)c3n2)o1. The molecule has 9 nitrogen and oxygen atoms in total. The number of nitrogens with zero attached hydrogens (tertiary/aromatic N) is 4. The van der Waals surface area contributed by atoms with Gasteiger partial charge in [-0.05, 0) is 37.3 Å². The Labute approximate surface area is 173 Å². The van der Waals surface area contributed by atoms with Gasteiger partial charge in [0.05, 0.1) is 18.5 Å². The standard InChI is InChI=1S/C21H23N5O4/c1-4-12-5-6-13(30-12)7-8-16-24-20(22-3)17-21(25-16)26(10-23-17)15-9-14(11(2)27)18(28)19(15)29/h5-6,10,14-15,18-19,28-29H,4,9H2,1-3H3,(H,22,24,25)/t14-,15-,18?,19+/m1/s1.